The van der Waals surface area contributed by atoms with Gasteiger partial charge in [-0.3, -0.25) is 10.7 Å². The normalized spacial score (nSPS) is 11.1. The van der Waals surface area contributed by atoms with Crippen LogP contribution in [0.15, 0.2) is 54.9 Å². The van der Waals surface area contributed by atoms with Gasteiger partial charge in [0.2, 0.25) is 5.95 Å². The Balaban J connectivity index is 1.64. The highest BCUT2D eigenvalue weighted by Crippen LogP contribution is 2.37. The van der Waals surface area contributed by atoms with E-state index in [2.05, 4.69) is 36.6 Å². The Morgan fingerprint density at radius 2 is 1.88 bits per heavy atom. The summed E-state index contributed by atoms with van der Waals surface area (Å²) in [7, 11) is 7.63. The topological polar surface area (TPSA) is 102 Å². The summed E-state index contributed by atoms with van der Waals surface area (Å²) in [6, 6.07) is 13.6. The predicted molar refractivity (Wildman–Crippen MR) is 133 cm³/mol. The zero-order chi connectivity index (χ0) is 23.4. The average Bonchev–Trinajstić information content (AvgIpc) is 3.26. The van der Waals surface area contributed by atoms with Crippen molar-refractivity contribution in [3.05, 3.63) is 54.9 Å². The van der Waals surface area contributed by atoms with Gasteiger partial charge in [0, 0.05) is 55.1 Å². The maximum absolute atomic E-state index is 9.78. The van der Waals surface area contributed by atoms with E-state index >= 15 is 0 Å². The molecule has 2 heterocycles. The van der Waals surface area contributed by atoms with Crippen LogP contribution >= 0.6 is 0 Å². The Labute approximate surface area is 193 Å². The lowest BCUT2D eigenvalue weighted by Gasteiger charge is -2.25. The van der Waals surface area contributed by atoms with Gasteiger partial charge in [-0.2, -0.15) is 0 Å². The summed E-state index contributed by atoms with van der Waals surface area (Å²) < 4.78 is 5.62. The molecule has 172 valence electrons. The van der Waals surface area contributed by atoms with Crippen molar-refractivity contribution in [3.63, 3.8) is 0 Å². The van der Waals surface area contributed by atoms with Crippen LogP contribution in [0.5, 0.6) is 5.75 Å². The van der Waals surface area contributed by atoms with Gasteiger partial charge in [0.25, 0.3) is 0 Å². The third kappa shape index (κ3) is 4.84. The monoisotopic (exact) mass is 447 g/mol. The minimum Gasteiger partial charge on any atom is -0.494 e. The molecule has 9 nitrogen and oxygen atoms in total. The number of nitrogens with zero attached hydrogens (tertiary/aromatic N) is 4. The largest absolute Gasteiger partial charge is 0.494 e. The Morgan fingerprint density at radius 3 is 2.64 bits per heavy atom. The van der Waals surface area contributed by atoms with Gasteiger partial charge in [0.05, 0.1) is 29.9 Å². The van der Waals surface area contributed by atoms with Crippen LogP contribution in [-0.4, -0.2) is 66.4 Å². The summed E-state index contributed by atoms with van der Waals surface area (Å²) in [5, 5.41) is 14.1. The van der Waals surface area contributed by atoms with E-state index in [0.29, 0.717) is 23.1 Å². The Bertz CT molecular complexity index is 1240. The van der Waals surface area contributed by atoms with Crippen molar-refractivity contribution in [1.29, 1.82) is 0 Å². The van der Waals surface area contributed by atoms with Gasteiger partial charge < -0.3 is 24.8 Å². The van der Waals surface area contributed by atoms with Crippen LogP contribution in [0, 0.1) is 0 Å². The number of likely N-dealkylation sites (N-methyl/N-ethyl adjacent to an activating group) is 2. The van der Waals surface area contributed by atoms with Gasteiger partial charge in [0.15, 0.2) is 0 Å². The molecule has 4 N–H and O–H groups in total. The van der Waals surface area contributed by atoms with Gasteiger partial charge in [-0.05, 0) is 32.3 Å². The second-order valence-electron chi connectivity index (χ2n) is 8.04. The lowest BCUT2D eigenvalue weighted by molar-refractivity contribution is 0.388. The average molecular weight is 448 g/mol. The number of hydrogen-bond donors (Lipinski definition) is 4. The Kier molecular flexibility index (Phi) is 6.62. The van der Waals surface area contributed by atoms with Gasteiger partial charge in [-0.25, -0.2) is 9.97 Å². The van der Waals surface area contributed by atoms with Crippen molar-refractivity contribution in [2.45, 2.75) is 0 Å². The van der Waals surface area contributed by atoms with Gasteiger partial charge in [-0.1, -0.05) is 18.2 Å². The van der Waals surface area contributed by atoms with Crippen LogP contribution in [0.25, 0.3) is 22.2 Å². The maximum Gasteiger partial charge on any atom is 0.227 e. The van der Waals surface area contributed by atoms with Crippen molar-refractivity contribution < 1.29 is 9.94 Å². The highest BCUT2D eigenvalue weighted by Gasteiger charge is 2.16. The number of ether oxygens (including phenoxy) is 1. The Morgan fingerprint density at radius 1 is 1.06 bits per heavy atom. The molecule has 0 aliphatic heterocycles. The molecule has 0 radical (unpaired) electrons. The standard InChI is InChI=1S/C24H29N7O2/c1-30(2)11-12-31(3)22-14-23(33-4)21(13-20(22)29-32)28-24-25-10-9-19(27-24)17-15-26-18-8-6-5-7-16(17)18/h5-10,13-15,26,29,32H,11-12H2,1-4H3,(H,25,27,28). The van der Waals surface area contributed by atoms with Crippen LogP contribution in [-0.2, 0) is 0 Å². The highest BCUT2D eigenvalue weighted by molar-refractivity contribution is 5.94. The van der Waals surface area contributed by atoms with E-state index in [9.17, 15) is 5.21 Å². The maximum atomic E-state index is 9.78. The fraction of sp³-hybridized carbons (Fsp3) is 0.250. The molecule has 2 aromatic heterocycles. The number of rotatable bonds is 9. The van der Waals surface area contributed by atoms with Gasteiger partial charge in [-0.15, -0.1) is 0 Å². The van der Waals surface area contributed by atoms with Crippen LogP contribution in [0.4, 0.5) is 23.0 Å². The summed E-state index contributed by atoms with van der Waals surface area (Å²) in [6.07, 6.45) is 3.66. The van der Waals surface area contributed by atoms with E-state index in [1.165, 1.54) is 0 Å². The van der Waals surface area contributed by atoms with Crippen LogP contribution in [0.3, 0.4) is 0 Å². The first kappa shape index (κ1) is 22.4. The number of benzene rings is 2. The molecule has 0 fully saturated rings. The minimum atomic E-state index is 0.425. The molecule has 0 spiro atoms. The number of aromatic amines is 1. The van der Waals surface area contributed by atoms with E-state index in [1.807, 2.05) is 57.7 Å². The number of nitrogens with one attached hydrogen (secondary N) is 3. The predicted octanol–water partition coefficient (Wildman–Crippen LogP) is 4.18. The molecule has 0 unspecified atom stereocenters. The lowest BCUT2D eigenvalue weighted by Crippen LogP contribution is -2.29. The van der Waals surface area contributed by atoms with Gasteiger partial charge >= 0.3 is 0 Å². The third-order valence-electron chi connectivity index (χ3n) is 5.50. The Hall–Kier alpha value is -3.82. The molecule has 0 saturated carbocycles. The molecule has 0 aliphatic carbocycles. The number of para-hydroxylation sites is 1. The molecule has 33 heavy (non-hydrogen) atoms. The second kappa shape index (κ2) is 9.76. The lowest BCUT2D eigenvalue weighted by atomic mass is 10.1. The van der Waals surface area contributed by atoms with E-state index < -0.39 is 0 Å². The fourth-order valence-corrected chi connectivity index (χ4v) is 3.68. The first-order chi connectivity index (χ1) is 16.0. The summed E-state index contributed by atoms with van der Waals surface area (Å²) in [5.41, 5.74) is 7.14. The number of anilines is 4. The molecule has 0 atom stereocenters. The second-order valence-corrected chi connectivity index (χ2v) is 8.04. The number of fused-ring (bicyclic) bond motifs is 1. The SMILES string of the molecule is COc1cc(N(C)CCN(C)C)c(NO)cc1Nc1nccc(-c2c[nH]c3ccccc23)n1. The summed E-state index contributed by atoms with van der Waals surface area (Å²) in [6.45, 7) is 1.66. The number of H-pyrrole nitrogens is 1. The molecular weight excluding hydrogens is 418 g/mol. The van der Waals surface area contributed by atoms with E-state index in [0.717, 1.165) is 40.9 Å². The van der Waals surface area contributed by atoms with Crippen molar-refractivity contribution in [2.24, 2.45) is 0 Å². The molecule has 0 bridgehead atoms. The number of aromatic nitrogens is 3. The first-order valence-corrected chi connectivity index (χ1v) is 10.6. The molecule has 4 aromatic rings. The number of hydrogen-bond acceptors (Lipinski definition) is 8. The van der Waals surface area contributed by atoms with E-state index in [1.54, 1.807) is 19.4 Å². The zero-order valence-corrected chi connectivity index (χ0v) is 19.3. The molecule has 2 aromatic carbocycles. The van der Waals surface area contributed by atoms with Crippen LogP contribution in [0.1, 0.15) is 0 Å². The summed E-state index contributed by atoms with van der Waals surface area (Å²) in [5.74, 6) is 1.04. The summed E-state index contributed by atoms with van der Waals surface area (Å²) >= 11 is 0. The van der Waals surface area contributed by atoms with E-state index in [4.69, 9.17) is 9.72 Å². The molecule has 0 amide bonds. The van der Waals surface area contributed by atoms with Crippen LogP contribution < -0.4 is 20.4 Å². The molecule has 4 rings (SSSR count). The first-order valence-electron chi connectivity index (χ1n) is 10.6. The number of methoxy groups -OCH3 is 1. The summed E-state index contributed by atoms with van der Waals surface area (Å²) in [4.78, 5) is 16.5. The fourth-order valence-electron chi connectivity index (χ4n) is 3.68. The molecule has 9 heteroatoms. The molecule has 0 aliphatic rings. The quantitative estimate of drug-likeness (QED) is 0.284. The third-order valence-corrected chi connectivity index (χ3v) is 5.50. The van der Waals surface area contributed by atoms with Crippen LogP contribution in [0.2, 0.25) is 0 Å². The zero-order valence-electron chi connectivity index (χ0n) is 19.3. The van der Waals surface area contributed by atoms with Crippen molar-refractivity contribution in [3.8, 4) is 17.0 Å². The van der Waals surface area contributed by atoms with Gasteiger partial charge in [0.1, 0.15) is 5.75 Å². The van der Waals surface area contributed by atoms with E-state index in [-0.39, 0.29) is 0 Å². The van der Waals surface area contributed by atoms with Crippen molar-refractivity contribution >= 4 is 33.9 Å². The van der Waals surface area contributed by atoms with Crippen molar-refractivity contribution in [2.75, 3.05) is 57.0 Å². The molecule has 0 saturated heterocycles. The molecular formula is C24H29N7O2. The highest BCUT2D eigenvalue weighted by atomic mass is 16.5. The smallest absolute Gasteiger partial charge is 0.227 e. The minimum absolute atomic E-state index is 0.425. The van der Waals surface area contributed by atoms with Crippen molar-refractivity contribution in [1.82, 2.24) is 19.9 Å².